The van der Waals surface area contributed by atoms with E-state index in [1.165, 1.54) is 0 Å². The van der Waals surface area contributed by atoms with Crippen LogP contribution in [-0.2, 0) is 4.74 Å². The molecule has 1 amide bonds. The van der Waals surface area contributed by atoms with Gasteiger partial charge in [-0.15, -0.1) is 0 Å². The smallest absolute Gasteiger partial charge is 0.410 e. The molecular formula is C18H26N2O3. The van der Waals surface area contributed by atoms with E-state index in [1.807, 2.05) is 52.0 Å². The van der Waals surface area contributed by atoms with Crippen molar-refractivity contribution < 1.29 is 14.3 Å². The van der Waals surface area contributed by atoms with Crippen LogP contribution in [-0.4, -0.2) is 37.3 Å². The summed E-state index contributed by atoms with van der Waals surface area (Å²) in [5.74, 6) is 1.05. The number of ether oxygens (including phenoxy) is 2. The van der Waals surface area contributed by atoms with E-state index in [0.717, 1.165) is 11.3 Å². The molecule has 0 aliphatic carbocycles. The Bertz CT molecular complexity index is 520. The molecule has 5 nitrogen and oxygen atoms in total. The minimum atomic E-state index is -0.286. The van der Waals surface area contributed by atoms with Crippen LogP contribution in [0.2, 0.25) is 0 Å². The van der Waals surface area contributed by atoms with Crippen LogP contribution in [0.25, 0.3) is 4.85 Å². The Balaban J connectivity index is 2.68. The lowest BCUT2D eigenvalue weighted by Crippen LogP contribution is -2.34. The number of nitrogens with zero attached hydrogens (tertiary/aromatic N) is 2. The predicted molar refractivity (Wildman–Crippen MR) is 90.4 cm³/mol. The van der Waals surface area contributed by atoms with Crippen molar-refractivity contribution in [3.8, 4) is 5.75 Å². The second kappa shape index (κ2) is 9.73. The summed E-state index contributed by atoms with van der Waals surface area (Å²) < 4.78 is 10.8. The van der Waals surface area contributed by atoms with Crippen LogP contribution < -0.4 is 4.74 Å². The van der Waals surface area contributed by atoms with Crippen molar-refractivity contribution in [3.63, 3.8) is 0 Å². The van der Waals surface area contributed by atoms with Crippen LogP contribution in [0, 0.1) is 12.5 Å². The monoisotopic (exact) mass is 318 g/mol. The highest BCUT2D eigenvalue weighted by Crippen LogP contribution is 2.23. The predicted octanol–water partition coefficient (Wildman–Crippen LogP) is 4.16. The molecule has 0 fully saturated rings. The third kappa shape index (κ3) is 6.19. The number of hydrogen-bond acceptors (Lipinski definition) is 3. The van der Waals surface area contributed by atoms with E-state index < -0.39 is 0 Å². The first-order valence-electron chi connectivity index (χ1n) is 7.99. The third-order valence-electron chi connectivity index (χ3n) is 3.42. The minimum absolute atomic E-state index is 0.0723. The summed E-state index contributed by atoms with van der Waals surface area (Å²) >= 11 is 0. The zero-order valence-electron chi connectivity index (χ0n) is 14.4. The lowest BCUT2D eigenvalue weighted by Gasteiger charge is -2.28. The van der Waals surface area contributed by atoms with Crippen LogP contribution in [0.5, 0.6) is 5.75 Å². The minimum Gasteiger partial charge on any atom is -0.486 e. The summed E-state index contributed by atoms with van der Waals surface area (Å²) in [6, 6.07) is 7.54. The molecule has 0 spiro atoms. The Kier molecular flexibility index (Phi) is 7.96. The molecule has 0 aliphatic heterocycles. The van der Waals surface area contributed by atoms with Gasteiger partial charge in [-0.3, -0.25) is 0 Å². The first-order valence-corrected chi connectivity index (χ1v) is 7.99. The fourth-order valence-corrected chi connectivity index (χ4v) is 2.11. The molecule has 0 aliphatic rings. The maximum Gasteiger partial charge on any atom is 0.410 e. The van der Waals surface area contributed by atoms with Crippen molar-refractivity contribution >= 4 is 6.09 Å². The molecule has 1 aromatic carbocycles. The summed E-state index contributed by atoms with van der Waals surface area (Å²) in [4.78, 5) is 17.1. The first kappa shape index (κ1) is 18.8. The molecule has 0 unspecified atom stereocenters. The average molecular weight is 318 g/mol. The van der Waals surface area contributed by atoms with E-state index >= 15 is 0 Å². The van der Waals surface area contributed by atoms with Crippen molar-refractivity contribution in [1.29, 1.82) is 0 Å². The second-order valence-electron chi connectivity index (χ2n) is 5.73. The summed E-state index contributed by atoms with van der Waals surface area (Å²) in [7, 11) is 0. The molecule has 1 atom stereocenters. The van der Waals surface area contributed by atoms with Crippen molar-refractivity contribution in [2.75, 3.05) is 26.3 Å². The molecule has 23 heavy (non-hydrogen) atoms. The number of benzene rings is 1. The molecule has 1 rings (SSSR count). The Hall–Kier alpha value is -2.22. The van der Waals surface area contributed by atoms with Crippen molar-refractivity contribution in [3.05, 3.63) is 41.2 Å². The molecule has 0 bridgehead atoms. The van der Waals surface area contributed by atoms with Gasteiger partial charge in [-0.25, -0.2) is 11.4 Å². The second-order valence-corrected chi connectivity index (χ2v) is 5.73. The van der Waals surface area contributed by atoms with Gasteiger partial charge in [0.05, 0.1) is 12.6 Å². The largest absolute Gasteiger partial charge is 0.486 e. The Morgan fingerprint density at radius 2 is 1.91 bits per heavy atom. The van der Waals surface area contributed by atoms with Gasteiger partial charge >= 0.3 is 6.09 Å². The highest BCUT2D eigenvalue weighted by atomic mass is 16.6. The maximum atomic E-state index is 12.2. The van der Waals surface area contributed by atoms with Crippen molar-refractivity contribution in [2.45, 2.75) is 33.7 Å². The third-order valence-corrected chi connectivity index (χ3v) is 3.42. The van der Waals surface area contributed by atoms with Crippen LogP contribution in [0.15, 0.2) is 24.3 Å². The number of carbonyl (C=O) groups excluding carboxylic acids is 1. The molecule has 0 radical (unpaired) electrons. The summed E-state index contributed by atoms with van der Waals surface area (Å²) in [6.07, 6.45) is -0.286. The zero-order valence-corrected chi connectivity index (χ0v) is 14.4. The van der Waals surface area contributed by atoms with Crippen molar-refractivity contribution in [2.24, 2.45) is 5.92 Å². The van der Waals surface area contributed by atoms with E-state index in [2.05, 4.69) is 4.85 Å². The lowest BCUT2D eigenvalue weighted by molar-refractivity contribution is 0.0816. The van der Waals surface area contributed by atoms with E-state index in [0.29, 0.717) is 32.2 Å². The molecular weight excluding hydrogens is 292 g/mol. The van der Waals surface area contributed by atoms with Gasteiger partial charge in [0.25, 0.3) is 0 Å². The normalized spacial score (nSPS) is 11.7. The number of carbonyl (C=O) groups is 1. The zero-order chi connectivity index (χ0) is 17.2. The van der Waals surface area contributed by atoms with Gasteiger partial charge in [-0.2, -0.15) is 0 Å². The first-order chi connectivity index (χ1) is 11.0. The van der Waals surface area contributed by atoms with Gasteiger partial charge in [0.2, 0.25) is 6.54 Å². The topological polar surface area (TPSA) is 43.1 Å². The van der Waals surface area contributed by atoms with Gasteiger partial charge in [-0.05, 0) is 37.5 Å². The van der Waals surface area contributed by atoms with E-state index in [9.17, 15) is 4.79 Å². The molecule has 0 N–H and O–H groups in total. The van der Waals surface area contributed by atoms with Crippen LogP contribution >= 0.6 is 0 Å². The number of hydrogen-bond donors (Lipinski definition) is 0. The van der Waals surface area contributed by atoms with Gasteiger partial charge in [0.1, 0.15) is 5.75 Å². The maximum absolute atomic E-state index is 12.2. The van der Waals surface area contributed by atoms with E-state index in [1.54, 1.807) is 4.90 Å². The molecule has 0 aromatic heterocycles. The van der Waals surface area contributed by atoms with E-state index in [-0.39, 0.29) is 12.1 Å². The molecule has 0 heterocycles. The Labute approximate surface area is 139 Å². The Morgan fingerprint density at radius 1 is 1.26 bits per heavy atom. The van der Waals surface area contributed by atoms with Gasteiger partial charge in [-0.1, -0.05) is 26.0 Å². The van der Waals surface area contributed by atoms with Gasteiger partial charge < -0.3 is 19.2 Å². The summed E-state index contributed by atoms with van der Waals surface area (Å²) in [6.45, 7) is 16.4. The van der Waals surface area contributed by atoms with E-state index in [4.69, 9.17) is 16.0 Å². The molecule has 1 aromatic rings. The fourth-order valence-electron chi connectivity index (χ4n) is 2.11. The highest BCUT2D eigenvalue weighted by molar-refractivity contribution is 5.68. The summed E-state index contributed by atoms with van der Waals surface area (Å²) in [5, 5.41) is 0. The van der Waals surface area contributed by atoms with Gasteiger partial charge in [0.15, 0.2) is 6.61 Å². The number of rotatable bonds is 8. The summed E-state index contributed by atoms with van der Waals surface area (Å²) in [5.41, 5.74) is 1.02. The van der Waals surface area contributed by atoms with Gasteiger partial charge in [0, 0.05) is 6.54 Å². The molecule has 0 saturated heterocycles. The number of amides is 1. The molecule has 126 valence electrons. The standard InChI is InChI=1S/C18H26N2O3/c1-6-20(18(21)23-13-14(2)3)15(4)16-7-9-17(10-8-16)22-12-11-19-5/h7-10,14-15H,6,11-13H2,1-4H3/t15-/m0/s1. The van der Waals surface area contributed by atoms with Crippen LogP contribution in [0.4, 0.5) is 4.79 Å². The van der Waals surface area contributed by atoms with Crippen LogP contribution in [0.3, 0.4) is 0 Å². The average Bonchev–Trinajstić information content (AvgIpc) is 2.54. The van der Waals surface area contributed by atoms with Crippen LogP contribution in [0.1, 0.15) is 39.3 Å². The fraction of sp³-hybridized carbons (Fsp3) is 0.556. The highest BCUT2D eigenvalue weighted by Gasteiger charge is 2.21. The Morgan fingerprint density at radius 3 is 2.43 bits per heavy atom. The quantitative estimate of drug-likeness (QED) is 0.534. The molecule has 0 saturated carbocycles. The lowest BCUT2D eigenvalue weighted by atomic mass is 10.1. The molecule has 5 heteroatoms. The van der Waals surface area contributed by atoms with Crippen molar-refractivity contribution in [1.82, 2.24) is 4.90 Å². The SMILES string of the molecule is [C-]#[N+]CCOc1ccc([C@H](C)N(CC)C(=O)OCC(C)C)cc1.